The standard InChI is InChI=1S/C16H19ClO2/c1-4-19-15(18)14-12(16(14,2)3)10-13(17)11-8-6-5-7-9-11/h5-10,12,14H,4H2,1-3H3/b13-10-/t12-,14-/m0/s1. The van der Waals surface area contributed by atoms with E-state index in [2.05, 4.69) is 13.8 Å². The van der Waals surface area contributed by atoms with Crippen molar-refractivity contribution in [2.75, 3.05) is 6.61 Å². The molecule has 0 N–H and O–H groups in total. The Hall–Kier alpha value is -1.28. The van der Waals surface area contributed by atoms with E-state index in [1.807, 2.05) is 43.3 Å². The summed E-state index contributed by atoms with van der Waals surface area (Å²) in [5.41, 5.74) is 0.913. The normalized spacial score (nSPS) is 24.9. The van der Waals surface area contributed by atoms with Crippen LogP contribution in [0.2, 0.25) is 0 Å². The van der Waals surface area contributed by atoms with Crippen molar-refractivity contribution in [2.24, 2.45) is 17.3 Å². The van der Waals surface area contributed by atoms with E-state index in [9.17, 15) is 4.79 Å². The van der Waals surface area contributed by atoms with Crippen molar-refractivity contribution in [3.8, 4) is 0 Å². The number of carbonyl (C=O) groups excluding carboxylic acids is 1. The van der Waals surface area contributed by atoms with Crippen LogP contribution >= 0.6 is 11.6 Å². The second kappa shape index (κ2) is 5.38. The number of allylic oxidation sites excluding steroid dienone is 1. The molecule has 1 saturated carbocycles. The molecule has 0 amide bonds. The van der Waals surface area contributed by atoms with Crippen molar-refractivity contribution < 1.29 is 9.53 Å². The van der Waals surface area contributed by atoms with E-state index in [1.54, 1.807) is 0 Å². The lowest BCUT2D eigenvalue weighted by Crippen LogP contribution is -2.10. The number of ether oxygens (including phenoxy) is 1. The van der Waals surface area contributed by atoms with Gasteiger partial charge < -0.3 is 4.74 Å². The minimum Gasteiger partial charge on any atom is -0.466 e. The molecule has 0 spiro atoms. The van der Waals surface area contributed by atoms with Crippen LogP contribution < -0.4 is 0 Å². The maximum Gasteiger partial charge on any atom is 0.310 e. The highest BCUT2D eigenvalue weighted by atomic mass is 35.5. The molecular weight excluding hydrogens is 260 g/mol. The number of benzene rings is 1. The van der Waals surface area contributed by atoms with Gasteiger partial charge in [0.05, 0.1) is 12.5 Å². The zero-order chi connectivity index (χ0) is 14.0. The smallest absolute Gasteiger partial charge is 0.310 e. The zero-order valence-corrected chi connectivity index (χ0v) is 12.3. The van der Waals surface area contributed by atoms with E-state index < -0.39 is 0 Å². The lowest BCUT2D eigenvalue weighted by molar-refractivity contribution is -0.145. The fourth-order valence-corrected chi connectivity index (χ4v) is 2.78. The molecule has 1 aromatic rings. The summed E-state index contributed by atoms with van der Waals surface area (Å²) < 4.78 is 5.11. The number of hydrogen-bond donors (Lipinski definition) is 0. The largest absolute Gasteiger partial charge is 0.466 e. The topological polar surface area (TPSA) is 26.3 Å². The predicted molar refractivity (Wildman–Crippen MR) is 77.7 cm³/mol. The first-order valence-corrected chi connectivity index (χ1v) is 6.95. The minimum absolute atomic E-state index is 0.0683. The van der Waals surface area contributed by atoms with Crippen molar-refractivity contribution in [3.05, 3.63) is 42.0 Å². The molecule has 19 heavy (non-hydrogen) atoms. The second-order valence-electron chi connectivity index (χ2n) is 5.46. The van der Waals surface area contributed by atoms with Crippen LogP contribution in [0.4, 0.5) is 0 Å². The molecule has 1 aromatic carbocycles. The molecule has 1 aliphatic carbocycles. The minimum atomic E-state index is -0.119. The van der Waals surface area contributed by atoms with Crippen LogP contribution in [-0.2, 0) is 9.53 Å². The van der Waals surface area contributed by atoms with Gasteiger partial charge in [-0.3, -0.25) is 4.79 Å². The zero-order valence-electron chi connectivity index (χ0n) is 11.5. The van der Waals surface area contributed by atoms with Gasteiger partial charge in [-0.25, -0.2) is 0 Å². The van der Waals surface area contributed by atoms with Crippen LogP contribution in [0.1, 0.15) is 26.3 Å². The molecule has 0 unspecified atom stereocenters. The molecule has 1 aliphatic rings. The van der Waals surface area contributed by atoms with Gasteiger partial charge in [-0.05, 0) is 23.8 Å². The summed E-state index contributed by atoms with van der Waals surface area (Å²) in [4.78, 5) is 11.9. The summed E-state index contributed by atoms with van der Waals surface area (Å²) in [6, 6.07) is 9.79. The molecule has 0 aliphatic heterocycles. The summed E-state index contributed by atoms with van der Waals surface area (Å²) in [6.45, 7) is 6.40. The first-order valence-electron chi connectivity index (χ1n) is 6.58. The van der Waals surface area contributed by atoms with Crippen LogP contribution in [-0.4, -0.2) is 12.6 Å². The fraction of sp³-hybridized carbons (Fsp3) is 0.438. The van der Waals surface area contributed by atoms with Gasteiger partial charge in [0, 0.05) is 5.03 Å². The van der Waals surface area contributed by atoms with Crippen molar-refractivity contribution >= 4 is 22.6 Å². The van der Waals surface area contributed by atoms with Crippen molar-refractivity contribution in [3.63, 3.8) is 0 Å². The van der Waals surface area contributed by atoms with Gasteiger partial charge in [0.2, 0.25) is 0 Å². The Kier molecular flexibility index (Phi) is 4.00. The summed E-state index contributed by atoms with van der Waals surface area (Å²) >= 11 is 6.32. The number of carbonyl (C=O) groups is 1. The number of esters is 1. The van der Waals surface area contributed by atoms with E-state index in [0.29, 0.717) is 11.6 Å². The van der Waals surface area contributed by atoms with Crippen LogP contribution in [0.5, 0.6) is 0 Å². The Morgan fingerprint density at radius 2 is 2.00 bits per heavy atom. The Morgan fingerprint density at radius 3 is 2.58 bits per heavy atom. The van der Waals surface area contributed by atoms with Crippen molar-refractivity contribution in [1.29, 1.82) is 0 Å². The molecule has 0 saturated heterocycles. The Labute approximate surface area is 119 Å². The molecule has 0 heterocycles. The molecule has 1 fully saturated rings. The second-order valence-corrected chi connectivity index (χ2v) is 5.86. The predicted octanol–water partition coefficient (Wildman–Crippen LogP) is 4.10. The average molecular weight is 279 g/mol. The third kappa shape index (κ3) is 2.84. The van der Waals surface area contributed by atoms with Gasteiger partial charge in [0.1, 0.15) is 0 Å². The average Bonchev–Trinajstić information content (AvgIpc) is 2.92. The van der Waals surface area contributed by atoms with Crippen LogP contribution in [0.25, 0.3) is 5.03 Å². The van der Waals surface area contributed by atoms with E-state index in [-0.39, 0.29) is 23.2 Å². The molecule has 2 rings (SSSR count). The highest BCUT2D eigenvalue weighted by Gasteiger charge is 2.61. The first kappa shape index (κ1) is 14.1. The molecule has 0 radical (unpaired) electrons. The highest BCUT2D eigenvalue weighted by molar-refractivity contribution is 6.48. The third-order valence-electron chi connectivity index (χ3n) is 3.83. The van der Waals surface area contributed by atoms with E-state index >= 15 is 0 Å². The summed E-state index contributed by atoms with van der Waals surface area (Å²) in [5, 5.41) is 0.700. The monoisotopic (exact) mass is 278 g/mol. The van der Waals surface area contributed by atoms with E-state index in [1.165, 1.54) is 0 Å². The summed E-state index contributed by atoms with van der Waals surface area (Å²) in [6.07, 6.45) is 1.98. The van der Waals surface area contributed by atoms with Crippen molar-refractivity contribution in [2.45, 2.75) is 20.8 Å². The highest BCUT2D eigenvalue weighted by Crippen LogP contribution is 2.60. The molecule has 2 atom stereocenters. The molecule has 3 heteroatoms. The van der Waals surface area contributed by atoms with Crippen LogP contribution in [0, 0.1) is 17.3 Å². The number of hydrogen-bond acceptors (Lipinski definition) is 2. The summed E-state index contributed by atoms with van der Waals surface area (Å²) in [5.74, 6) is -0.0459. The summed E-state index contributed by atoms with van der Waals surface area (Å²) in [7, 11) is 0. The molecule has 0 bridgehead atoms. The number of halogens is 1. The lowest BCUT2D eigenvalue weighted by atomic mass is 10.1. The molecule has 102 valence electrons. The van der Waals surface area contributed by atoms with Crippen LogP contribution in [0.15, 0.2) is 36.4 Å². The van der Waals surface area contributed by atoms with Gasteiger partial charge >= 0.3 is 5.97 Å². The fourth-order valence-electron chi connectivity index (χ4n) is 2.52. The first-order chi connectivity index (χ1) is 8.98. The maximum atomic E-state index is 11.9. The maximum absolute atomic E-state index is 11.9. The quantitative estimate of drug-likeness (QED) is 0.775. The van der Waals surface area contributed by atoms with Gasteiger partial charge in [0.15, 0.2) is 0 Å². The molecule has 2 nitrogen and oxygen atoms in total. The lowest BCUT2D eigenvalue weighted by Gasteiger charge is -2.01. The molecule has 0 aromatic heterocycles. The Balaban J connectivity index is 2.14. The Morgan fingerprint density at radius 1 is 1.37 bits per heavy atom. The van der Waals surface area contributed by atoms with Crippen molar-refractivity contribution in [1.82, 2.24) is 0 Å². The third-order valence-corrected chi connectivity index (χ3v) is 4.17. The van der Waals surface area contributed by atoms with Gasteiger partial charge in [0.25, 0.3) is 0 Å². The van der Waals surface area contributed by atoms with E-state index in [4.69, 9.17) is 16.3 Å². The molecular formula is C16H19ClO2. The van der Waals surface area contributed by atoms with Gasteiger partial charge in [-0.1, -0.05) is 61.9 Å². The van der Waals surface area contributed by atoms with Gasteiger partial charge in [-0.2, -0.15) is 0 Å². The Bertz CT molecular complexity index is 491. The number of rotatable bonds is 4. The van der Waals surface area contributed by atoms with Crippen LogP contribution in [0.3, 0.4) is 0 Å². The SMILES string of the molecule is CCOC(=O)[C@@H]1[C@H](/C=C(\Cl)c2ccccc2)C1(C)C. The van der Waals surface area contributed by atoms with Gasteiger partial charge in [-0.15, -0.1) is 0 Å². The van der Waals surface area contributed by atoms with E-state index in [0.717, 1.165) is 5.56 Å².